The summed E-state index contributed by atoms with van der Waals surface area (Å²) in [6, 6.07) is 6.22. The van der Waals surface area contributed by atoms with Crippen molar-refractivity contribution >= 4 is 67.8 Å². The molecule has 0 aliphatic rings. The molecule has 0 bridgehead atoms. The minimum Gasteiger partial charge on any atom is -0.506 e. The lowest BCUT2D eigenvalue weighted by molar-refractivity contribution is -0.118. The number of phenols is 2. The Morgan fingerprint density at radius 2 is 1.71 bits per heavy atom. The summed E-state index contributed by atoms with van der Waals surface area (Å²) in [6.45, 7) is 0.186. The minimum absolute atomic E-state index is 0.0352. The molecule has 0 aliphatic heterocycles. The van der Waals surface area contributed by atoms with Gasteiger partial charge in [0.15, 0.2) is 17.3 Å². The highest BCUT2D eigenvalue weighted by Gasteiger charge is 2.25. The Labute approximate surface area is 223 Å². The van der Waals surface area contributed by atoms with E-state index in [-0.39, 0.29) is 42.2 Å². The molecule has 5 N–H and O–H groups in total. The van der Waals surface area contributed by atoms with Gasteiger partial charge in [0.2, 0.25) is 5.91 Å². The molecule has 8 nitrogen and oxygen atoms in total. The summed E-state index contributed by atoms with van der Waals surface area (Å²) in [5.74, 6) is 0.0323. The van der Waals surface area contributed by atoms with Gasteiger partial charge in [-0.2, -0.15) is 0 Å². The van der Waals surface area contributed by atoms with E-state index >= 15 is 0 Å². The molecule has 34 heavy (non-hydrogen) atoms. The summed E-state index contributed by atoms with van der Waals surface area (Å²) in [6.07, 6.45) is 3.25. The van der Waals surface area contributed by atoms with E-state index in [4.69, 9.17) is 20.0 Å². The summed E-state index contributed by atoms with van der Waals surface area (Å²) in [7, 11) is 0. The number of phenolic OH excluding ortho intramolecular Hbond substituents is 2. The van der Waals surface area contributed by atoms with Crippen molar-refractivity contribution in [2.45, 2.75) is 38.5 Å². The number of aryl methyl sites for hydroxylation is 1. The molecular formula is C24H25I2NO7. The van der Waals surface area contributed by atoms with Crippen molar-refractivity contribution < 1.29 is 34.1 Å². The van der Waals surface area contributed by atoms with Crippen molar-refractivity contribution in [3.05, 3.63) is 48.3 Å². The number of primary amides is 1. The van der Waals surface area contributed by atoms with E-state index in [9.17, 15) is 19.8 Å². The van der Waals surface area contributed by atoms with Gasteiger partial charge >= 0.3 is 0 Å². The number of halogens is 2. The molecule has 0 atom stereocenters. The van der Waals surface area contributed by atoms with Gasteiger partial charge in [-0.05, 0) is 76.2 Å². The van der Waals surface area contributed by atoms with Crippen molar-refractivity contribution in [1.82, 2.24) is 0 Å². The maximum Gasteiger partial charge on any atom is 0.217 e. The van der Waals surface area contributed by atoms with Crippen LogP contribution in [0, 0.1) is 7.14 Å². The number of ether oxygens (including phenoxy) is 1. The van der Waals surface area contributed by atoms with E-state index in [0.29, 0.717) is 67.1 Å². The zero-order valence-electron chi connectivity index (χ0n) is 18.3. The van der Waals surface area contributed by atoms with Crippen LogP contribution in [0.5, 0.6) is 17.2 Å². The van der Waals surface area contributed by atoms with E-state index < -0.39 is 0 Å². The standard InChI is InChI=1S/C24H25I2NO7/c25-15-9-13(10-16(26)24(15)32)23(31)22-14-11-17(29)20(33-8-4-7-28)12-19(14)34-18(22)5-2-1-3-6-21(27)30/h9-12,28-29,32H,1-8H2,(H2,27,30). The average Bonchev–Trinajstić information content (AvgIpc) is 3.13. The van der Waals surface area contributed by atoms with E-state index in [0.717, 1.165) is 6.42 Å². The number of unbranched alkanes of at least 4 members (excludes halogenated alkanes) is 2. The van der Waals surface area contributed by atoms with Gasteiger partial charge in [0.1, 0.15) is 17.1 Å². The summed E-state index contributed by atoms with van der Waals surface area (Å²) in [4.78, 5) is 24.6. The molecule has 10 heteroatoms. The number of aliphatic hydroxyl groups is 1. The molecule has 182 valence electrons. The Bertz CT molecular complexity index is 1180. The Hall–Kier alpha value is -2.06. The third-order valence-corrected chi connectivity index (χ3v) is 6.88. The molecule has 0 aliphatic carbocycles. The van der Waals surface area contributed by atoms with Crippen LogP contribution >= 0.6 is 45.2 Å². The number of amides is 1. The molecule has 2 aromatic carbocycles. The number of carbonyl (C=O) groups is 2. The molecule has 1 amide bonds. The fraction of sp³-hybridized carbons (Fsp3) is 0.333. The first-order chi connectivity index (χ1) is 16.2. The van der Waals surface area contributed by atoms with Gasteiger partial charge in [-0.15, -0.1) is 0 Å². The fourth-order valence-electron chi connectivity index (χ4n) is 3.55. The van der Waals surface area contributed by atoms with Gasteiger partial charge < -0.3 is 30.2 Å². The Morgan fingerprint density at radius 1 is 1.00 bits per heavy atom. The SMILES string of the molecule is NC(=O)CCCCCc1oc2cc(OCCCO)c(O)cc2c1C(=O)c1cc(I)c(O)c(I)c1. The van der Waals surface area contributed by atoms with Gasteiger partial charge in [0.25, 0.3) is 0 Å². The van der Waals surface area contributed by atoms with Crippen LogP contribution in [0.25, 0.3) is 11.0 Å². The van der Waals surface area contributed by atoms with Crippen LogP contribution in [0.4, 0.5) is 0 Å². The van der Waals surface area contributed by atoms with Crippen molar-refractivity contribution in [1.29, 1.82) is 0 Å². The second kappa shape index (κ2) is 12.1. The lowest BCUT2D eigenvalue weighted by Gasteiger charge is -2.08. The Balaban J connectivity index is 2.00. The number of fused-ring (bicyclic) bond motifs is 1. The molecule has 3 aromatic rings. The zero-order chi connectivity index (χ0) is 24.8. The van der Waals surface area contributed by atoms with Crippen molar-refractivity contribution in [3.8, 4) is 17.2 Å². The largest absolute Gasteiger partial charge is 0.506 e. The maximum atomic E-state index is 13.6. The number of nitrogens with two attached hydrogens (primary N) is 1. The van der Waals surface area contributed by atoms with Crippen molar-refractivity contribution in [2.24, 2.45) is 5.73 Å². The number of furan rings is 1. The second-order valence-corrected chi connectivity index (χ2v) is 10.1. The second-order valence-electron chi connectivity index (χ2n) is 7.79. The third-order valence-electron chi connectivity index (χ3n) is 5.24. The fourth-order valence-corrected chi connectivity index (χ4v) is 5.32. The summed E-state index contributed by atoms with van der Waals surface area (Å²) in [5, 5.41) is 30.0. The first-order valence-corrected chi connectivity index (χ1v) is 12.9. The number of ketones is 1. The smallest absolute Gasteiger partial charge is 0.217 e. The van der Waals surface area contributed by atoms with Crippen LogP contribution in [-0.4, -0.2) is 40.2 Å². The molecule has 0 spiro atoms. The lowest BCUT2D eigenvalue weighted by Crippen LogP contribution is -2.09. The van der Waals surface area contributed by atoms with E-state index in [1.807, 2.05) is 45.2 Å². The summed E-state index contributed by atoms with van der Waals surface area (Å²) in [5.41, 5.74) is 6.34. The highest BCUT2D eigenvalue weighted by atomic mass is 127. The average molecular weight is 693 g/mol. The predicted molar refractivity (Wildman–Crippen MR) is 143 cm³/mol. The number of hydrogen-bond donors (Lipinski definition) is 4. The minimum atomic E-state index is -0.347. The zero-order valence-corrected chi connectivity index (χ0v) is 22.6. The molecule has 0 saturated heterocycles. The summed E-state index contributed by atoms with van der Waals surface area (Å²) < 4.78 is 12.7. The molecule has 0 radical (unpaired) electrons. The third kappa shape index (κ3) is 6.33. The van der Waals surface area contributed by atoms with Crippen LogP contribution in [-0.2, 0) is 11.2 Å². The van der Waals surface area contributed by atoms with E-state index in [1.54, 1.807) is 18.2 Å². The highest BCUT2D eigenvalue weighted by molar-refractivity contribution is 14.1. The Kier molecular flexibility index (Phi) is 9.42. The lowest BCUT2D eigenvalue weighted by atomic mass is 9.97. The van der Waals surface area contributed by atoms with Crippen LogP contribution in [0.1, 0.15) is 53.8 Å². The monoisotopic (exact) mass is 693 g/mol. The van der Waals surface area contributed by atoms with Crippen LogP contribution < -0.4 is 10.5 Å². The normalized spacial score (nSPS) is 11.1. The van der Waals surface area contributed by atoms with Gasteiger partial charge in [-0.1, -0.05) is 6.42 Å². The van der Waals surface area contributed by atoms with E-state index in [1.165, 1.54) is 6.07 Å². The van der Waals surface area contributed by atoms with Gasteiger partial charge in [-0.3, -0.25) is 9.59 Å². The molecule has 1 heterocycles. The molecule has 1 aromatic heterocycles. The summed E-state index contributed by atoms with van der Waals surface area (Å²) >= 11 is 3.95. The number of aromatic hydroxyl groups is 2. The molecule has 0 fully saturated rings. The number of carbonyl (C=O) groups excluding carboxylic acids is 2. The van der Waals surface area contributed by atoms with E-state index in [2.05, 4.69) is 0 Å². The maximum absolute atomic E-state index is 13.6. The van der Waals surface area contributed by atoms with Gasteiger partial charge in [-0.25, -0.2) is 0 Å². The van der Waals surface area contributed by atoms with Crippen LogP contribution in [0.3, 0.4) is 0 Å². The number of rotatable bonds is 12. The van der Waals surface area contributed by atoms with Crippen molar-refractivity contribution in [2.75, 3.05) is 13.2 Å². The molecule has 3 rings (SSSR count). The molecule has 0 saturated carbocycles. The number of hydrogen-bond acceptors (Lipinski definition) is 7. The van der Waals surface area contributed by atoms with Gasteiger partial charge in [0, 0.05) is 42.9 Å². The first-order valence-electron chi connectivity index (χ1n) is 10.8. The molecule has 0 unspecified atom stereocenters. The van der Waals surface area contributed by atoms with Gasteiger partial charge in [0.05, 0.1) is 19.3 Å². The quantitative estimate of drug-likeness (QED) is 0.123. The Morgan fingerprint density at radius 3 is 2.35 bits per heavy atom. The van der Waals surface area contributed by atoms with Crippen LogP contribution in [0.15, 0.2) is 28.7 Å². The molecular weight excluding hydrogens is 668 g/mol. The van der Waals surface area contributed by atoms with Crippen LogP contribution in [0.2, 0.25) is 0 Å². The topological polar surface area (TPSA) is 143 Å². The van der Waals surface area contributed by atoms with Crippen molar-refractivity contribution in [3.63, 3.8) is 0 Å². The highest BCUT2D eigenvalue weighted by Crippen LogP contribution is 2.38. The number of benzene rings is 2. The predicted octanol–water partition coefficient (Wildman–Crippen LogP) is 4.63. The first kappa shape index (κ1) is 26.5. The number of aliphatic hydroxyl groups excluding tert-OH is 1.